The lowest BCUT2D eigenvalue weighted by Crippen LogP contribution is -2.41. The van der Waals surface area contributed by atoms with Crippen LogP contribution in [-0.4, -0.2) is 26.0 Å². The van der Waals surface area contributed by atoms with E-state index in [1.165, 1.54) is 0 Å². The van der Waals surface area contributed by atoms with Gasteiger partial charge in [0.05, 0.1) is 23.9 Å². The molecule has 4 nitrogen and oxygen atoms in total. The van der Waals surface area contributed by atoms with Gasteiger partial charge in [-0.25, -0.2) is 0 Å². The quantitative estimate of drug-likeness (QED) is 0.821. The van der Waals surface area contributed by atoms with Crippen LogP contribution < -0.4 is 5.32 Å². The van der Waals surface area contributed by atoms with Crippen LogP contribution in [0.3, 0.4) is 0 Å². The number of aliphatic hydroxyl groups is 1. The van der Waals surface area contributed by atoms with Gasteiger partial charge in [-0.05, 0) is 12.8 Å². The van der Waals surface area contributed by atoms with E-state index in [9.17, 15) is 5.11 Å². The molecule has 0 saturated heterocycles. The van der Waals surface area contributed by atoms with Gasteiger partial charge in [0.15, 0.2) is 11.0 Å². The summed E-state index contributed by atoms with van der Waals surface area (Å²) in [6.07, 6.45) is 1.63. The zero-order valence-corrected chi connectivity index (χ0v) is 9.82. The van der Waals surface area contributed by atoms with Crippen molar-refractivity contribution in [3.8, 4) is 0 Å². The number of aromatic nitrogens is 2. The number of rotatable bonds is 5. The van der Waals surface area contributed by atoms with Gasteiger partial charge in [-0.1, -0.05) is 25.4 Å². The summed E-state index contributed by atoms with van der Waals surface area (Å²) in [7, 11) is 0. The second-order valence-corrected chi connectivity index (χ2v) is 4.06. The van der Waals surface area contributed by atoms with Crippen molar-refractivity contribution in [3.05, 3.63) is 5.15 Å². The van der Waals surface area contributed by atoms with Crippen molar-refractivity contribution >= 4 is 29.1 Å². The van der Waals surface area contributed by atoms with Gasteiger partial charge in [-0.15, -0.1) is 0 Å². The topological polar surface area (TPSA) is 58.0 Å². The van der Waals surface area contributed by atoms with E-state index in [1.54, 1.807) is 0 Å². The second-order valence-electron chi connectivity index (χ2n) is 3.17. The Morgan fingerprint density at radius 1 is 1.43 bits per heavy atom. The van der Waals surface area contributed by atoms with E-state index in [0.717, 1.165) is 24.6 Å². The van der Waals surface area contributed by atoms with Crippen molar-refractivity contribution in [2.75, 3.05) is 11.9 Å². The van der Waals surface area contributed by atoms with E-state index in [0.29, 0.717) is 11.0 Å². The van der Waals surface area contributed by atoms with Crippen LogP contribution >= 0.6 is 23.3 Å². The standard InChI is InChI=1S/C8H14ClN3OS/c1-3-8(4-2,5-13)10-7-6(9)11-14-12-7/h13H,3-5H2,1-2H3,(H,10,12). The molecule has 2 N–H and O–H groups in total. The minimum Gasteiger partial charge on any atom is -0.394 e. The largest absolute Gasteiger partial charge is 0.394 e. The van der Waals surface area contributed by atoms with Crippen LogP contribution in [0.2, 0.25) is 5.15 Å². The molecule has 0 amide bonds. The van der Waals surface area contributed by atoms with Crippen LogP contribution in [0.5, 0.6) is 0 Å². The number of halogens is 1. The molecule has 0 unspecified atom stereocenters. The fourth-order valence-electron chi connectivity index (χ4n) is 1.19. The van der Waals surface area contributed by atoms with Crippen molar-refractivity contribution in [1.29, 1.82) is 0 Å². The smallest absolute Gasteiger partial charge is 0.186 e. The first-order valence-electron chi connectivity index (χ1n) is 4.54. The fraction of sp³-hybridized carbons (Fsp3) is 0.750. The maximum atomic E-state index is 9.32. The first-order chi connectivity index (χ1) is 6.67. The molecule has 0 aliphatic heterocycles. The number of nitrogens with one attached hydrogen (secondary N) is 1. The van der Waals surface area contributed by atoms with Gasteiger partial charge in [-0.3, -0.25) is 0 Å². The number of nitrogens with zero attached hydrogens (tertiary/aromatic N) is 2. The lowest BCUT2D eigenvalue weighted by Gasteiger charge is -2.30. The van der Waals surface area contributed by atoms with Gasteiger partial charge in [-0.2, -0.15) is 8.75 Å². The Morgan fingerprint density at radius 3 is 2.43 bits per heavy atom. The predicted octanol–water partition coefficient (Wildman–Crippen LogP) is 2.15. The van der Waals surface area contributed by atoms with Gasteiger partial charge >= 0.3 is 0 Å². The molecule has 0 fully saturated rings. The molecule has 1 heterocycles. The highest BCUT2D eigenvalue weighted by atomic mass is 35.5. The molecule has 1 aromatic heterocycles. The molecule has 0 bridgehead atoms. The minimum atomic E-state index is -0.334. The minimum absolute atomic E-state index is 0.0633. The molecule has 0 spiro atoms. The highest BCUT2D eigenvalue weighted by Gasteiger charge is 2.26. The molecule has 0 aliphatic rings. The molecule has 0 atom stereocenters. The molecule has 0 radical (unpaired) electrons. The zero-order chi connectivity index (χ0) is 10.6. The Morgan fingerprint density at radius 2 is 2.07 bits per heavy atom. The van der Waals surface area contributed by atoms with Crippen LogP contribution in [-0.2, 0) is 0 Å². The van der Waals surface area contributed by atoms with Crippen LogP contribution in [0.1, 0.15) is 26.7 Å². The summed E-state index contributed by atoms with van der Waals surface area (Å²) >= 11 is 6.87. The summed E-state index contributed by atoms with van der Waals surface area (Å²) in [6, 6.07) is 0. The third-order valence-electron chi connectivity index (χ3n) is 2.49. The Balaban J connectivity index is 2.79. The zero-order valence-electron chi connectivity index (χ0n) is 8.25. The van der Waals surface area contributed by atoms with E-state index in [-0.39, 0.29) is 12.1 Å². The molecular weight excluding hydrogens is 222 g/mol. The maximum absolute atomic E-state index is 9.32. The SMILES string of the molecule is CCC(CC)(CO)Nc1nsnc1Cl. The second kappa shape index (κ2) is 4.91. The summed E-state index contributed by atoms with van der Waals surface area (Å²) in [5, 5.41) is 12.8. The molecule has 1 rings (SSSR count). The van der Waals surface area contributed by atoms with E-state index in [4.69, 9.17) is 11.6 Å². The Kier molecular flexibility index (Phi) is 4.10. The normalized spacial score (nSPS) is 11.7. The lowest BCUT2D eigenvalue weighted by molar-refractivity contribution is 0.202. The van der Waals surface area contributed by atoms with Gasteiger partial charge in [0.2, 0.25) is 0 Å². The van der Waals surface area contributed by atoms with E-state index >= 15 is 0 Å². The van der Waals surface area contributed by atoms with Crippen molar-refractivity contribution < 1.29 is 5.11 Å². The van der Waals surface area contributed by atoms with Crippen LogP contribution in [0, 0.1) is 0 Å². The Bertz CT molecular complexity index is 280. The number of aliphatic hydroxyl groups excluding tert-OH is 1. The third-order valence-corrected chi connectivity index (χ3v) is 3.38. The van der Waals surface area contributed by atoms with E-state index < -0.39 is 0 Å². The molecule has 80 valence electrons. The Hall–Kier alpha value is -0.390. The molecule has 0 aliphatic carbocycles. The average Bonchev–Trinajstić information content (AvgIpc) is 2.61. The third kappa shape index (κ3) is 2.34. The molecule has 1 aromatic rings. The van der Waals surface area contributed by atoms with Crippen LogP contribution in [0.4, 0.5) is 5.82 Å². The summed E-state index contributed by atoms with van der Waals surface area (Å²) in [4.78, 5) is 0. The maximum Gasteiger partial charge on any atom is 0.186 e. The summed E-state index contributed by atoms with van der Waals surface area (Å²) < 4.78 is 7.88. The highest BCUT2D eigenvalue weighted by Crippen LogP contribution is 2.25. The molecule has 0 aromatic carbocycles. The number of anilines is 1. The van der Waals surface area contributed by atoms with Crippen molar-refractivity contribution in [1.82, 2.24) is 8.75 Å². The molecular formula is C8H14ClN3OS. The van der Waals surface area contributed by atoms with Crippen LogP contribution in [0.15, 0.2) is 0 Å². The van der Waals surface area contributed by atoms with Gasteiger partial charge in [0.1, 0.15) is 0 Å². The number of hydrogen-bond donors (Lipinski definition) is 2. The van der Waals surface area contributed by atoms with Gasteiger partial charge < -0.3 is 10.4 Å². The fourth-order valence-corrected chi connectivity index (χ4v) is 1.84. The summed E-state index contributed by atoms with van der Waals surface area (Å²) in [6.45, 7) is 4.09. The monoisotopic (exact) mass is 235 g/mol. The highest BCUT2D eigenvalue weighted by molar-refractivity contribution is 6.99. The Labute approximate surface area is 92.6 Å². The summed E-state index contributed by atoms with van der Waals surface area (Å²) in [5.41, 5.74) is -0.334. The van der Waals surface area contributed by atoms with Crippen molar-refractivity contribution in [3.63, 3.8) is 0 Å². The van der Waals surface area contributed by atoms with E-state index in [2.05, 4.69) is 14.1 Å². The van der Waals surface area contributed by atoms with Gasteiger partial charge in [0, 0.05) is 0 Å². The van der Waals surface area contributed by atoms with Crippen molar-refractivity contribution in [2.24, 2.45) is 0 Å². The molecule has 0 saturated carbocycles. The predicted molar refractivity (Wildman–Crippen MR) is 58.9 cm³/mol. The van der Waals surface area contributed by atoms with E-state index in [1.807, 2.05) is 13.8 Å². The van der Waals surface area contributed by atoms with Crippen LogP contribution in [0.25, 0.3) is 0 Å². The number of hydrogen-bond acceptors (Lipinski definition) is 5. The average molecular weight is 236 g/mol. The summed E-state index contributed by atoms with van der Waals surface area (Å²) in [5.74, 6) is 0.564. The first kappa shape index (κ1) is 11.7. The van der Waals surface area contributed by atoms with Crippen molar-refractivity contribution in [2.45, 2.75) is 32.2 Å². The molecule has 14 heavy (non-hydrogen) atoms. The van der Waals surface area contributed by atoms with Gasteiger partial charge in [0.25, 0.3) is 0 Å². The lowest BCUT2D eigenvalue weighted by atomic mass is 9.94. The molecule has 6 heteroatoms. The first-order valence-corrected chi connectivity index (χ1v) is 5.65.